The molecule has 0 heterocycles. The molecule has 0 saturated carbocycles. The number of aromatic carboxylic acids is 1. The van der Waals surface area contributed by atoms with Gasteiger partial charge in [-0.25, -0.2) is 4.79 Å². The maximum absolute atomic E-state index is 11.3. The summed E-state index contributed by atoms with van der Waals surface area (Å²) in [4.78, 5) is 11.3. The van der Waals surface area contributed by atoms with Crippen LogP contribution < -0.4 is 0 Å². The van der Waals surface area contributed by atoms with Crippen molar-refractivity contribution in [2.24, 2.45) is 0 Å². The number of fused-ring (bicyclic) bond motifs is 1. The van der Waals surface area contributed by atoms with E-state index in [1.165, 1.54) is 12.1 Å². The van der Waals surface area contributed by atoms with E-state index in [1.54, 1.807) is 12.2 Å². The van der Waals surface area contributed by atoms with Crippen molar-refractivity contribution in [1.29, 1.82) is 0 Å². The number of hydrogen-bond acceptors (Lipinski definition) is 2. The van der Waals surface area contributed by atoms with E-state index in [9.17, 15) is 15.0 Å². The molecule has 4 heteroatoms. The van der Waals surface area contributed by atoms with Crippen molar-refractivity contribution in [1.82, 2.24) is 0 Å². The molecule has 0 aromatic heterocycles. The Morgan fingerprint density at radius 3 is 2.43 bits per heavy atom. The Morgan fingerprint density at radius 2 is 1.70 bits per heavy atom. The number of phenols is 1. The molecule has 0 atom stereocenters. The van der Waals surface area contributed by atoms with Crippen molar-refractivity contribution in [2.45, 2.75) is 0 Å². The molecule has 0 aliphatic heterocycles. The van der Waals surface area contributed by atoms with E-state index in [-0.39, 0.29) is 16.3 Å². The normalized spacial score (nSPS) is 11.2. The lowest BCUT2D eigenvalue weighted by Crippen LogP contribution is -2.00. The van der Waals surface area contributed by atoms with Gasteiger partial charge in [0.05, 0.1) is 0 Å². The molecule has 0 spiro atoms. The third-order valence-electron chi connectivity index (χ3n) is 3.56. The van der Waals surface area contributed by atoms with Gasteiger partial charge in [0.2, 0.25) is 0 Å². The SMILES string of the molecule is O=C(O)c1c(O)cc(Cl)cc1/C=C/c1ccc2ccccc2c1. The number of carboxylic acids is 1. The fourth-order valence-corrected chi connectivity index (χ4v) is 2.70. The maximum Gasteiger partial charge on any atom is 0.340 e. The lowest BCUT2D eigenvalue weighted by molar-refractivity contribution is 0.0693. The lowest BCUT2D eigenvalue weighted by atomic mass is 10.0. The Hall–Kier alpha value is -2.78. The van der Waals surface area contributed by atoms with Crippen molar-refractivity contribution < 1.29 is 15.0 Å². The number of carboxylic acid groups (broad SMARTS) is 1. The van der Waals surface area contributed by atoms with Gasteiger partial charge >= 0.3 is 5.97 Å². The van der Waals surface area contributed by atoms with Gasteiger partial charge in [0.15, 0.2) is 0 Å². The summed E-state index contributed by atoms with van der Waals surface area (Å²) < 4.78 is 0. The quantitative estimate of drug-likeness (QED) is 0.661. The predicted octanol–water partition coefficient (Wildman–Crippen LogP) is 5.07. The topological polar surface area (TPSA) is 57.5 Å². The molecular weight excluding hydrogens is 312 g/mol. The Labute approximate surface area is 138 Å². The van der Waals surface area contributed by atoms with Crippen LogP contribution in [0.3, 0.4) is 0 Å². The summed E-state index contributed by atoms with van der Waals surface area (Å²) in [5.74, 6) is -1.54. The van der Waals surface area contributed by atoms with Crippen molar-refractivity contribution in [3.05, 3.63) is 76.3 Å². The van der Waals surface area contributed by atoms with Crippen LogP contribution in [-0.2, 0) is 0 Å². The first kappa shape index (κ1) is 15.1. The van der Waals surface area contributed by atoms with E-state index in [0.717, 1.165) is 16.3 Å². The highest BCUT2D eigenvalue weighted by molar-refractivity contribution is 6.31. The molecule has 3 aromatic rings. The van der Waals surface area contributed by atoms with Gasteiger partial charge in [-0.05, 0) is 40.1 Å². The van der Waals surface area contributed by atoms with E-state index in [1.807, 2.05) is 42.5 Å². The minimum Gasteiger partial charge on any atom is -0.507 e. The number of hydrogen-bond donors (Lipinski definition) is 2. The van der Waals surface area contributed by atoms with E-state index >= 15 is 0 Å². The molecule has 0 fully saturated rings. The molecular formula is C19H13ClO3. The molecule has 3 nitrogen and oxygen atoms in total. The zero-order valence-electron chi connectivity index (χ0n) is 12.0. The van der Waals surface area contributed by atoms with Gasteiger partial charge in [0.1, 0.15) is 11.3 Å². The summed E-state index contributed by atoms with van der Waals surface area (Å²) in [5.41, 5.74) is 1.13. The van der Waals surface area contributed by atoms with E-state index in [4.69, 9.17) is 11.6 Å². The molecule has 0 aliphatic rings. The number of carbonyl (C=O) groups is 1. The zero-order valence-corrected chi connectivity index (χ0v) is 12.8. The van der Waals surface area contributed by atoms with Crippen molar-refractivity contribution in [2.75, 3.05) is 0 Å². The van der Waals surface area contributed by atoms with Gasteiger partial charge in [-0.3, -0.25) is 0 Å². The van der Waals surface area contributed by atoms with Crippen LogP contribution in [0.5, 0.6) is 5.75 Å². The van der Waals surface area contributed by atoms with Crippen LogP contribution in [0.4, 0.5) is 0 Å². The van der Waals surface area contributed by atoms with Gasteiger partial charge in [-0.1, -0.05) is 60.2 Å². The molecule has 0 saturated heterocycles. The smallest absolute Gasteiger partial charge is 0.340 e. The van der Waals surface area contributed by atoms with Crippen LogP contribution in [0.25, 0.3) is 22.9 Å². The molecule has 0 unspecified atom stereocenters. The van der Waals surface area contributed by atoms with Gasteiger partial charge in [-0.2, -0.15) is 0 Å². The highest BCUT2D eigenvalue weighted by atomic mass is 35.5. The summed E-state index contributed by atoms with van der Waals surface area (Å²) in [7, 11) is 0. The molecule has 2 N–H and O–H groups in total. The van der Waals surface area contributed by atoms with Crippen LogP contribution in [0.15, 0.2) is 54.6 Å². The van der Waals surface area contributed by atoms with Crippen LogP contribution in [0.2, 0.25) is 5.02 Å². The summed E-state index contributed by atoms with van der Waals surface area (Å²) in [5, 5.41) is 21.5. The molecule has 0 aliphatic carbocycles. The van der Waals surface area contributed by atoms with Gasteiger partial charge in [-0.15, -0.1) is 0 Å². The van der Waals surface area contributed by atoms with Gasteiger partial charge in [0.25, 0.3) is 0 Å². The Morgan fingerprint density at radius 1 is 0.957 bits per heavy atom. The minimum atomic E-state index is -1.20. The molecule has 0 bridgehead atoms. The Kier molecular flexibility index (Phi) is 4.04. The number of rotatable bonds is 3. The molecule has 114 valence electrons. The highest BCUT2D eigenvalue weighted by Crippen LogP contribution is 2.28. The average Bonchev–Trinajstić information content (AvgIpc) is 2.51. The van der Waals surface area contributed by atoms with Gasteiger partial charge < -0.3 is 10.2 Å². The molecule has 0 radical (unpaired) electrons. The molecule has 23 heavy (non-hydrogen) atoms. The van der Waals surface area contributed by atoms with E-state index < -0.39 is 5.97 Å². The molecule has 0 amide bonds. The lowest BCUT2D eigenvalue weighted by Gasteiger charge is -2.05. The first-order valence-electron chi connectivity index (χ1n) is 6.97. The maximum atomic E-state index is 11.3. The van der Waals surface area contributed by atoms with E-state index in [0.29, 0.717) is 5.56 Å². The third-order valence-corrected chi connectivity index (χ3v) is 3.77. The number of benzene rings is 3. The molecule has 3 aromatic carbocycles. The van der Waals surface area contributed by atoms with Crippen molar-refractivity contribution in [3.8, 4) is 5.75 Å². The van der Waals surface area contributed by atoms with Crippen molar-refractivity contribution in [3.63, 3.8) is 0 Å². The summed E-state index contributed by atoms with van der Waals surface area (Å²) in [6, 6.07) is 16.7. The largest absolute Gasteiger partial charge is 0.507 e. The molecule has 3 rings (SSSR count). The first-order valence-corrected chi connectivity index (χ1v) is 7.35. The summed E-state index contributed by atoms with van der Waals surface area (Å²) in [6.45, 7) is 0. The zero-order chi connectivity index (χ0) is 16.4. The Bertz CT molecular complexity index is 929. The van der Waals surface area contributed by atoms with Gasteiger partial charge in [0, 0.05) is 5.02 Å². The second-order valence-electron chi connectivity index (χ2n) is 5.13. The van der Waals surface area contributed by atoms with Crippen molar-refractivity contribution >= 4 is 40.5 Å². The standard InChI is InChI=1S/C19H13ClO3/c20-16-10-15(18(19(22)23)17(21)11-16)8-6-12-5-7-13-3-1-2-4-14(13)9-12/h1-11,21H,(H,22,23)/b8-6+. The fraction of sp³-hybridized carbons (Fsp3) is 0. The predicted molar refractivity (Wildman–Crippen MR) is 93.0 cm³/mol. The van der Waals surface area contributed by atoms with Crippen LogP contribution in [-0.4, -0.2) is 16.2 Å². The second kappa shape index (κ2) is 6.15. The second-order valence-corrected chi connectivity index (χ2v) is 5.57. The monoisotopic (exact) mass is 324 g/mol. The number of halogens is 1. The minimum absolute atomic E-state index is 0.161. The first-order chi connectivity index (χ1) is 11.0. The van der Waals surface area contributed by atoms with Crippen LogP contribution in [0.1, 0.15) is 21.5 Å². The highest BCUT2D eigenvalue weighted by Gasteiger charge is 2.14. The summed E-state index contributed by atoms with van der Waals surface area (Å²) in [6.07, 6.45) is 3.43. The third kappa shape index (κ3) is 3.20. The number of aromatic hydroxyl groups is 1. The summed E-state index contributed by atoms with van der Waals surface area (Å²) >= 11 is 5.90. The fourth-order valence-electron chi connectivity index (χ4n) is 2.48. The Balaban J connectivity index is 2.03. The van der Waals surface area contributed by atoms with E-state index in [2.05, 4.69) is 0 Å². The van der Waals surface area contributed by atoms with Crippen LogP contribution in [0, 0.1) is 0 Å². The van der Waals surface area contributed by atoms with Crippen LogP contribution >= 0.6 is 11.6 Å². The average molecular weight is 325 g/mol.